The van der Waals surface area contributed by atoms with Crippen LogP contribution in [0.5, 0.6) is 5.75 Å². The number of carbonyl (C=O) groups is 2. The number of aromatic carboxylic acids is 1. The van der Waals surface area contributed by atoms with Crippen molar-refractivity contribution < 1.29 is 24.2 Å². The maximum atomic E-state index is 13.8. The van der Waals surface area contributed by atoms with Crippen LogP contribution in [-0.4, -0.2) is 47.7 Å². The van der Waals surface area contributed by atoms with E-state index in [9.17, 15) is 14.7 Å². The highest BCUT2D eigenvalue weighted by Crippen LogP contribution is 2.47. The number of ether oxygens (including phenoxy) is 2. The third kappa shape index (κ3) is 6.99. The second-order valence-corrected chi connectivity index (χ2v) is 13.6. The third-order valence-electron chi connectivity index (χ3n) is 9.42. The number of hydrogen-bond acceptors (Lipinski definition) is 6. The number of carboxylic acids is 1. The molecule has 2 aliphatic rings. The summed E-state index contributed by atoms with van der Waals surface area (Å²) in [4.78, 5) is 28.6. The quantitative estimate of drug-likeness (QED) is 0.155. The number of anilines is 1. The van der Waals surface area contributed by atoms with Crippen molar-refractivity contribution in [3.8, 4) is 17.0 Å². The lowest BCUT2D eigenvalue weighted by atomic mass is 9.83. The van der Waals surface area contributed by atoms with Gasteiger partial charge in [0, 0.05) is 25.2 Å². The molecule has 1 saturated carbocycles. The van der Waals surface area contributed by atoms with Crippen LogP contribution in [0, 0.1) is 0 Å². The molecule has 47 heavy (non-hydrogen) atoms. The molecular weight excluding hydrogens is 609 g/mol. The fourth-order valence-corrected chi connectivity index (χ4v) is 8.18. The summed E-state index contributed by atoms with van der Waals surface area (Å²) in [5.41, 5.74) is 7.30. The van der Waals surface area contributed by atoms with E-state index in [0.717, 1.165) is 96.0 Å². The highest BCUT2D eigenvalue weighted by Gasteiger charge is 2.29. The van der Waals surface area contributed by atoms with E-state index in [0.29, 0.717) is 23.8 Å². The molecule has 1 aliphatic heterocycles. The molecule has 7 nitrogen and oxygen atoms in total. The second-order valence-electron chi connectivity index (χ2n) is 12.6. The van der Waals surface area contributed by atoms with Crippen LogP contribution in [-0.2, 0) is 29.1 Å². The van der Waals surface area contributed by atoms with Crippen molar-refractivity contribution in [3.05, 3.63) is 106 Å². The molecule has 0 radical (unpaired) electrons. The zero-order valence-corrected chi connectivity index (χ0v) is 27.3. The largest absolute Gasteiger partial charge is 0.489 e. The van der Waals surface area contributed by atoms with Crippen LogP contribution in [0.1, 0.15) is 64.4 Å². The summed E-state index contributed by atoms with van der Waals surface area (Å²) < 4.78 is 14.7. The molecule has 3 heterocycles. The van der Waals surface area contributed by atoms with E-state index in [1.807, 2.05) is 54.6 Å². The first-order chi connectivity index (χ1) is 23.0. The molecule has 7 rings (SSSR count). The Balaban J connectivity index is 1.21. The Bertz CT molecular complexity index is 1830. The molecule has 1 N–H and O–H groups in total. The van der Waals surface area contributed by atoms with Crippen molar-refractivity contribution >= 4 is 39.0 Å². The number of carbonyl (C=O) groups excluding carboxylic acids is 1. The third-order valence-corrected chi connectivity index (χ3v) is 10.6. The van der Waals surface area contributed by atoms with Crippen LogP contribution in [0.4, 0.5) is 5.69 Å². The maximum absolute atomic E-state index is 13.8. The van der Waals surface area contributed by atoms with Crippen LogP contribution in [0.3, 0.4) is 0 Å². The minimum atomic E-state index is -0.930. The molecule has 0 unspecified atom stereocenters. The van der Waals surface area contributed by atoms with E-state index in [4.69, 9.17) is 9.47 Å². The Morgan fingerprint density at radius 3 is 2.30 bits per heavy atom. The smallest absolute Gasteiger partial charge is 0.345 e. The van der Waals surface area contributed by atoms with Crippen LogP contribution in [0.15, 0.2) is 84.9 Å². The van der Waals surface area contributed by atoms with E-state index < -0.39 is 5.97 Å². The van der Waals surface area contributed by atoms with E-state index in [1.54, 1.807) is 6.07 Å². The summed E-state index contributed by atoms with van der Waals surface area (Å²) in [6, 6.07) is 28.3. The van der Waals surface area contributed by atoms with Gasteiger partial charge in [0.05, 0.1) is 35.7 Å². The molecule has 5 aromatic rings. The standard InChI is InChI=1S/C39H40N2O5S/c42-32(23-27-11-15-31(16-12-27)40-19-21-45-22-20-40)25-41-34-24-35(39(43)44)47-38(34)36(29-9-5-2-6-10-29)37(41)30-13-17-33(18-14-30)46-26-28-7-3-1-4-8-28/h1,3-4,7-8,11-18,24,29H,2,5-6,9-10,19-23,25-26H2,(H,43,44). The van der Waals surface area contributed by atoms with Crippen molar-refractivity contribution in [1.29, 1.82) is 0 Å². The Morgan fingerprint density at radius 2 is 1.60 bits per heavy atom. The van der Waals surface area contributed by atoms with Crippen LogP contribution in [0.2, 0.25) is 0 Å². The molecule has 1 aliphatic carbocycles. The summed E-state index contributed by atoms with van der Waals surface area (Å²) in [5, 5.41) is 9.95. The van der Waals surface area contributed by atoms with Crippen LogP contribution >= 0.6 is 11.3 Å². The molecule has 242 valence electrons. The molecule has 0 bridgehead atoms. The first-order valence-electron chi connectivity index (χ1n) is 16.6. The number of fused-ring (bicyclic) bond motifs is 1. The maximum Gasteiger partial charge on any atom is 0.345 e. The zero-order valence-electron chi connectivity index (χ0n) is 26.5. The zero-order chi connectivity index (χ0) is 32.2. The predicted molar refractivity (Wildman–Crippen MR) is 187 cm³/mol. The Hall–Kier alpha value is -4.40. The van der Waals surface area contributed by atoms with Gasteiger partial charge in [-0.3, -0.25) is 4.79 Å². The lowest BCUT2D eigenvalue weighted by Gasteiger charge is -2.28. The number of morpholine rings is 1. The number of rotatable bonds is 11. The van der Waals surface area contributed by atoms with Crippen LogP contribution in [0.25, 0.3) is 21.5 Å². The van der Waals surface area contributed by atoms with E-state index in [2.05, 4.69) is 33.7 Å². The summed E-state index contributed by atoms with van der Waals surface area (Å²) in [7, 11) is 0. The van der Waals surface area contributed by atoms with Crippen molar-refractivity contribution in [2.75, 3.05) is 31.2 Å². The van der Waals surface area contributed by atoms with Gasteiger partial charge in [0.25, 0.3) is 0 Å². The van der Waals surface area contributed by atoms with E-state index >= 15 is 0 Å². The minimum absolute atomic E-state index is 0.0864. The first kappa shape index (κ1) is 31.2. The first-order valence-corrected chi connectivity index (χ1v) is 17.4. The second kappa shape index (κ2) is 14.2. The van der Waals surface area contributed by atoms with Gasteiger partial charge < -0.3 is 24.0 Å². The molecule has 0 amide bonds. The number of thiophene rings is 1. The average Bonchev–Trinajstić information content (AvgIpc) is 3.67. The van der Waals surface area contributed by atoms with Gasteiger partial charge in [-0.25, -0.2) is 4.79 Å². The summed E-state index contributed by atoms with van der Waals surface area (Å²) >= 11 is 1.34. The van der Waals surface area contributed by atoms with Crippen molar-refractivity contribution in [1.82, 2.24) is 4.57 Å². The topological polar surface area (TPSA) is 81.0 Å². The number of nitrogens with zero attached hydrogens (tertiary/aromatic N) is 2. The molecule has 8 heteroatoms. The molecule has 1 saturated heterocycles. The minimum Gasteiger partial charge on any atom is -0.489 e. The number of Topliss-reactive ketones (excluding diaryl/α,β-unsaturated/α-hetero) is 1. The lowest BCUT2D eigenvalue weighted by molar-refractivity contribution is -0.118. The van der Waals surface area contributed by atoms with Gasteiger partial charge in [-0.2, -0.15) is 0 Å². The average molecular weight is 649 g/mol. The SMILES string of the molecule is O=C(Cc1ccc(N2CCOCC2)cc1)Cn1c(-c2ccc(OCc3ccccc3)cc2)c(C2CCCCC2)c2sc(C(=O)O)cc21. The fourth-order valence-electron chi connectivity index (χ4n) is 7.06. The highest BCUT2D eigenvalue weighted by molar-refractivity contribution is 7.21. The van der Waals surface area contributed by atoms with Gasteiger partial charge in [-0.15, -0.1) is 11.3 Å². The number of carboxylic acid groups (broad SMARTS) is 1. The number of ketones is 1. The number of hydrogen-bond donors (Lipinski definition) is 1. The molecule has 0 spiro atoms. The molecule has 0 atom stereocenters. The Morgan fingerprint density at radius 1 is 0.872 bits per heavy atom. The number of benzene rings is 3. The normalized spacial score (nSPS) is 15.6. The van der Waals surface area contributed by atoms with Gasteiger partial charge >= 0.3 is 5.97 Å². The van der Waals surface area contributed by atoms with Crippen molar-refractivity contribution in [2.45, 2.75) is 57.6 Å². The van der Waals surface area contributed by atoms with Gasteiger partial charge in [0.1, 0.15) is 17.2 Å². The predicted octanol–water partition coefficient (Wildman–Crippen LogP) is 8.34. The van der Waals surface area contributed by atoms with Crippen molar-refractivity contribution in [2.24, 2.45) is 0 Å². The van der Waals surface area contributed by atoms with Gasteiger partial charge in [0.15, 0.2) is 5.78 Å². The lowest BCUT2D eigenvalue weighted by Crippen LogP contribution is -2.36. The monoisotopic (exact) mass is 648 g/mol. The van der Waals surface area contributed by atoms with Gasteiger partial charge in [0.2, 0.25) is 0 Å². The Kier molecular flexibility index (Phi) is 9.40. The summed E-state index contributed by atoms with van der Waals surface area (Å²) in [6.07, 6.45) is 5.96. The van der Waals surface area contributed by atoms with Crippen molar-refractivity contribution in [3.63, 3.8) is 0 Å². The summed E-state index contributed by atoms with van der Waals surface area (Å²) in [6.45, 7) is 3.85. The molecule has 3 aromatic carbocycles. The summed E-state index contributed by atoms with van der Waals surface area (Å²) in [5.74, 6) is 0.255. The Labute approximate surface area is 279 Å². The van der Waals surface area contributed by atoms with E-state index in [-0.39, 0.29) is 12.3 Å². The van der Waals surface area contributed by atoms with E-state index in [1.165, 1.54) is 23.3 Å². The van der Waals surface area contributed by atoms with Crippen LogP contribution < -0.4 is 9.64 Å². The molecule has 2 aromatic heterocycles. The van der Waals surface area contributed by atoms with Gasteiger partial charge in [-0.05, 0) is 83.5 Å². The molecule has 2 fully saturated rings. The fraction of sp³-hybridized carbons (Fsp3) is 0.333. The highest BCUT2D eigenvalue weighted by atomic mass is 32.1. The number of aromatic nitrogens is 1. The molecular formula is C39H40N2O5S. The van der Waals surface area contributed by atoms with Gasteiger partial charge in [-0.1, -0.05) is 61.7 Å².